The molecule has 6 nitrogen and oxygen atoms in total. The third kappa shape index (κ3) is 2.83. The Morgan fingerprint density at radius 1 is 0.300 bits per heavy atom. The molecular weight excluding hydrogens is 384 g/mol. The molecule has 3 spiro atoms. The molecule has 0 N–H and O–H groups in total. The van der Waals surface area contributed by atoms with E-state index in [9.17, 15) is 0 Å². The third-order valence-electron chi connectivity index (χ3n) is 8.89. The molecule has 0 aromatic rings. The third-order valence-corrected chi connectivity index (χ3v) is 8.89. The summed E-state index contributed by atoms with van der Waals surface area (Å²) >= 11 is 0. The molecule has 3 saturated heterocycles. The van der Waals surface area contributed by atoms with Crippen molar-refractivity contribution in [1.82, 2.24) is 0 Å². The van der Waals surface area contributed by atoms with Gasteiger partial charge in [0, 0.05) is 38.5 Å². The van der Waals surface area contributed by atoms with Gasteiger partial charge in [-0.3, -0.25) is 0 Å². The first-order chi connectivity index (χ1) is 14.7. The smallest absolute Gasteiger partial charge is 0.169 e. The molecule has 0 atom stereocenters. The molecule has 0 radical (unpaired) electrons. The minimum Gasteiger partial charge on any atom is -0.341 e. The molecule has 7 rings (SSSR count). The van der Waals surface area contributed by atoms with Crippen molar-refractivity contribution in [1.29, 1.82) is 0 Å². The number of hydrogen-bond acceptors (Lipinski definition) is 6. The Morgan fingerprint density at radius 3 is 0.700 bits per heavy atom. The number of rotatable bonds is 0. The van der Waals surface area contributed by atoms with E-state index in [4.69, 9.17) is 28.4 Å². The van der Waals surface area contributed by atoms with Gasteiger partial charge in [0.05, 0.1) is 0 Å². The monoisotopic (exact) mass is 420 g/mol. The summed E-state index contributed by atoms with van der Waals surface area (Å²) in [5, 5.41) is 0. The van der Waals surface area contributed by atoms with Gasteiger partial charge in [-0.1, -0.05) is 19.3 Å². The topological polar surface area (TPSA) is 55.4 Å². The zero-order chi connectivity index (χ0) is 19.8. The molecule has 0 aromatic carbocycles. The number of fused-ring (bicyclic) bond motifs is 6. The van der Waals surface area contributed by atoms with Crippen LogP contribution in [0.15, 0.2) is 0 Å². The highest BCUT2D eigenvalue weighted by molar-refractivity contribution is 5.13. The lowest BCUT2D eigenvalue weighted by Crippen LogP contribution is -2.60. The van der Waals surface area contributed by atoms with Crippen molar-refractivity contribution in [2.45, 2.75) is 150 Å². The Kier molecular flexibility index (Phi) is 4.41. The van der Waals surface area contributed by atoms with E-state index < -0.39 is 17.4 Å². The molecule has 30 heavy (non-hydrogen) atoms. The van der Waals surface area contributed by atoms with Gasteiger partial charge in [0.15, 0.2) is 17.4 Å². The molecule has 168 valence electrons. The maximum atomic E-state index is 6.76. The van der Waals surface area contributed by atoms with E-state index in [1.807, 2.05) is 0 Å². The quantitative estimate of drug-likeness (QED) is 0.581. The Labute approximate surface area is 179 Å². The van der Waals surface area contributed by atoms with E-state index in [0.29, 0.717) is 0 Å². The van der Waals surface area contributed by atoms with E-state index in [1.54, 1.807) is 0 Å². The highest BCUT2D eigenvalue weighted by atomic mass is 16.8. The summed E-state index contributed by atoms with van der Waals surface area (Å²) in [5.74, 6) is -1.36. The van der Waals surface area contributed by atoms with Crippen LogP contribution in [0, 0.1) is 0 Å². The van der Waals surface area contributed by atoms with Crippen molar-refractivity contribution < 1.29 is 28.4 Å². The zero-order valence-corrected chi connectivity index (χ0v) is 18.0. The summed E-state index contributed by atoms with van der Waals surface area (Å²) in [7, 11) is 0. The fourth-order valence-corrected chi connectivity index (χ4v) is 7.48. The van der Waals surface area contributed by atoms with Gasteiger partial charge in [0.25, 0.3) is 0 Å². The first-order valence-corrected chi connectivity index (χ1v) is 12.8. The first kappa shape index (κ1) is 19.2. The van der Waals surface area contributed by atoms with E-state index in [0.717, 1.165) is 38.5 Å². The molecule has 3 heterocycles. The summed E-state index contributed by atoms with van der Waals surface area (Å²) in [6.07, 6.45) is 16.0. The van der Waals surface area contributed by atoms with Crippen LogP contribution in [0.3, 0.4) is 0 Å². The summed E-state index contributed by atoms with van der Waals surface area (Å²) in [6.45, 7) is 0. The molecule has 0 aromatic heterocycles. The highest BCUT2D eigenvalue weighted by Gasteiger charge is 2.70. The lowest BCUT2D eigenvalue weighted by Gasteiger charge is -2.37. The second kappa shape index (κ2) is 6.88. The van der Waals surface area contributed by atoms with E-state index >= 15 is 0 Å². The van der Waals surface area contributed by atoms with Crippen LogP contribution in [-0.2, 0) is 28.4 Å². The molecule has 0 amide bonds. The summed E-state index contributed by atoms with van der Waals surface area (Å²) in [6, 6.07) is 0. The van der Waals surface area contributed by atoms with Gasteiger partial charge in [-0.15, -0.1) is 0 Å². The second-order valence-corrected chi connectivity index (χ2v) is 10.9. The van der Waals surface area contributed by atoms with Crippen molar-refractivity contribution in [2.24, 2.45) is 0 Å². The normalized spacial score (nSPS) is 48.0. The van der Waals surface area contributed by atoms with Gasteiger partial charge in [0.1, 0.15) is 36.6 Å². The maximum Gasteiger partial charge on any atom is 0.169 e. The van der Waals surface area contributed by atoms with Crippen LogP contribution in [0.1, 0.15) is 96.3 Å². The largest absolute Gasteiger partial charge is 0.341 e. The van der Waals surface area contributed by atoms with Crippen molar-refractivity contribution in [2.75, 3.05) is 0 Å². The lowest BCUT2D eigenvalue weighted by atomic mass is 9.85. The average molecular weight is 421 g/mol. The Morgan fingerprint density at radius 2 is 0.500 bits per heavy atom. The van der Waals surface area contributed by atoms with E-state index in [-0.39, 0.29) is 36.6 Å². The van der Waals surface area contributed by atoms with Crippen molar-refractivity contribution in [3.63, 3.8) is 0 Å². The molecule has 7 aliphatic rings. The van der Waals surface area contributed by atoms with Crippen LogP contribution in [-0.4, -0.2) is 54.0 Å². The zero-order valence-electron chi connectivity index (χ0n) is 18.0. The average Bonchev–Trinajstić information content (AvgIpc) is 3.43. The molecular formula is C24H36O6. The fourth-order valence-electron chi connectivity index (χ4n) is 7.48. The van der Waals surface area contributed by atoms with E-state index in [1.165, 1.54) is 57.8 Å². The minimum atomic E-state index is -0.454. The van der Waals surface area contributed by atoms with Crippen LogP contribution in [0.25, 0.3) is 0 Å². The first-order valence-electron chi connectivity index (χ1n) is 12.8. The van der Waals surface area contributed by atoms with Gasteiger partial charge in [-0.25, -0.2) is 0 Å². The Hall–Kier alpha value is -0.240. The fraction of sp³-hybridized carbons (Fsp3) is 1.00. The molecule has 7 fully saturated rings. The summed E-state index contributed by atoms with van der Waals surface area (Å²) in [4.78, 5) is 0. The Balaban J connectivity index is 1.23. The molecule has 6 heteroatoms. The molecule has 0 bridgehead atoms. The minimum absolute atomic E-state index is 0.113. The summed E-state index contributed by atoms with van der Waals surface area (Å²) in [5.41, 5.74) is 0. The second-order valence-electron chi connectivity index (χ2n) is 10.9. The van der Waals surface area contributed by atoms with Crippen LogP contribution < -0.4 is 0 Å². The van der Waals surface area contributed by atoms with Crippen molar-refractivity contribution >= 4 is 0 Å². The number of ether oxygens (including phenoxy) is 6. The van der Waals surface area contributed by atoms with Gasteiger partial charge in [-0.05, 0) is 38.5 Å². The van der Waals surface area contributed by atoms with Crippen LogP contribution in [0.4, 0.5) is 0 Å². The van der Waals surface area contributed by atoms with Gasteiger partial charge in [-0.2, -0.15) is 0 Å². The molecule has 3 aliphatic heterocycles. The predicted molar refractivity (Wildman–Crippen MR) is 107 cm³/mol. The lowest BCUT2D eigenvalue weighted by molar-refractivity contribution is -0.221. The van der Waals surface area contributed by atoms with Crippen molar-refractivity contribution in [3.05, 3.63) is 0 Å². The van der Waals surface area contributed by atoms with Gasteiger partial charge in [0.2, 0.25) is 0 Å². The van der Waals surface area contributed by atoms with Crippen LogP contribution in [0.2, 0.25) is 0 Å². The molecule has 0 unspecified atom stereocenters. The SMILES string of the molecule is C1CCC2(CC1)OC1C3OC4(CCCCC4)OC3C3OC4(CCCCC4)OC3C1O2. The van der Waals surface area contributed by atoms with Crippen LogP contribution >= 0.6 is 0 Å². The standard InChI is InChI=1S/C24H36O6/c1-4-10-22(11-5-1)25-16-17(26-22)19-21(30-24(28-19)14-8-3-9-15-24)20-18(16)27-23(29-20)12-6-2-7-13-23/h16-21H,1-15H2. The van der Waals surface area contributed by atoms with Gasteiger partial charge < -0.3 is 28.4 Å². The molecule has 4 aliphatic carbocycles. The van der Waals surface area contributed by atoms with E-state index in [2.05, 4.69) is 0 Å². The van der Waals surface area contributed by atoms with Gasteiger partial charge >= 0.3 is 0 Å². The maximum absolute atomic E-state index is 6.76. The summed E-state index contributed by atoms with van der Waals surface area (Å²) < 4.78 is 40.6. The predicted octanol–water partition coefficient (Wildman–Crippen LogP) is 4.33. The van der Waals surface area contributed by atoms with Crippen LogP contribution in [0.5, 0.6) is 0 Å². The number of hydrogen-bond donors (Lipinski definition) is 0. The molecule has 4 saturated carbocycles. The van der Waals surface area contributed by atoms with Crippen molar-refractivity contribution in [3.8, 4) is 0 Å². The highest BCUT2D eigenvalue weighted by Crippen LogP contribution is 2.56. The Bertz CT molecular complexity index is 524.